The molecule has 0 aliphatic carbocycles. The fourth-order valence-corrected chi connectivity index (χ4v) is 3.55. The van der Waals surface area contributed by atoms with Crippen LogP contribution in [0.4, 0.5) is 0 Å². The molecule has 1 aliphatic rings. The SMILES string of the molecule is O=C(NCCc1nccn1Cc1ccccc1)C1CC(c2ccccc2)NN1. The number of hydrogen-bond donors (Lipinski definition) is 3. The molecule has 0 saturated carbocycles. The van der Waals surface area contributed by atoms with E-state index in [9.17, 15) is 4.79 Å². The lowest BCUT2D eigenvalue weighted by Gasteiger charge is -2.12. The minimum absolute atomic E-state index is 0.0205. The molecule has 28 heavy (non-hydrogen) atoms. The van der Waals surface area contributed by atoms with Crippen molar-refractivity contribution in [2.24, 2.45) is 0 Å². The highest BCUT2D eigenvalue weighted by molar-refractivity contribution is 5.82. The lowest BCUT2D eigenvalue weighted by molar-refractivity contribution is -0.122. The Balaban J connectivity index is 1.26. The lowest BCUT2D eigenvalue weighted by atomic mass is 10.0. The topological polar surface area (TPSA) is 71.0 Å². The van der Waals surface area contributed by atoms with E-state index in [1.54, 1.807) is 0 Å². The number of imidazole rings is 1. The second kappa shape index (κ2) is 8.82. The van der Waals surface area contributed by atoms with Gasteiger partial charge in [-0.25, -0.2) is 15.8 Å². The summed E-state index contributed by atoms with van der Waals surface area (Å²) < 4.78 is 2.13. The molecular weight excluding hydrogens is 350 g/mol. The first-order valence-electron chi connectivity index (χ1n) is 9.67. The van der Waals surface area contributed by atoms with Crippen LogP contribution in [0.25, 0.3) is 0 Å². The molecule has 3 aromatic rings. The Labute approximate surface area is 165 Å². The number of amides is 1. The van der Waals surface area contributed by atoms with Crippen molar-refractivity contribution in [1.82, 2.24) is 25.7 Å². The molecule has 0 spiro atoms. The molecule has 1 amide bonds. The summed E-state index contributed by atoms with van der Waals surface area (Å²) in [5.41, 5.74) is 8.75. The number of hydrazine groups is 1. The summed E-state index contributed by atoms with van der Waals surface area (Å²) in [5, 5.41) is 3.03. The first kappa shape index (κ1) is 18.4. The van der Waals surface area contributed by atoms with Crippen LogP contribution in [0.3, 0.4) is 0 Å². The van der Waals surface area contributed by atoms with Gasteiger partial charge in [0.25, 0.3) is 0 Å². The number of carbonyl (C=O) groups is 1. The first-order chi connectivity index (χ1) is 13.8. The quantitative estimate of drug-likeness (QED) is 0.592. The molecule has 4 rings (SSSR count). The third-order valence-electron chi connectivity index (χ3n) is 5.07. The summed E-state index contributed by atoms with van der Waals surface area (Å²) in [6.07, 6.45) is 5.23. The molecule has 2 unspecified atom stereocenters. The number of hydrogen-bond acceptors (Lipinski definition) is 4. The zero-order chi connectivity index (χ0) is 19.2. The van der Waals surface area contributed by atoms with Crippen molar-refractivity contribution in [2.45, 2.75) is 31.5 Å². The standard InChI is InChI=1S/C22H25N5O/c28-22(20-15-19(25-26-20)18-9-5-2-6-10-18)24-12-11-21-23-13-14-27(21)16-17-7-3-1-4-8-17/h1-10,13-14,19-20,25-26H,11-12,15-16H2,(H,24,28). The van der Waals surface area contributed by atoms with Gasteiger partial charge in [-0.3, -0.25) is 4.79 Å². The van der Waals surface area contributed by atoms with Gasteiger partial charge < -0.3 is 9.88 Å². The van der Waals surface area contributed by atoms with E-state index in [-0.39, 0.29) is 18.0 Å². The number of benzene rings is 2. The average Bonchev–Trinajstić information content (AvgIpc) is 3.40. The summed E-state index contributed by atoms with van der Waals surface area (Å²) in [6.45, 7) is 1.36. The molecular formula is C22H25N5O. The third-order valence-corrected chi connectivity index (χ3v) is 5.07. The van der Waals surface area contributed by atoms with Crippen molar-refractivity contribution in [3.05, 3.63) is 90.0 Å². The highest BCUT2D eigenvalue weighted by atomic mass is 16.2. The Kier molecular flexibility index (Phi) is 5.80. The molecule has 3 N–H and O–H groups in total. The monoisotopic (exact) mass is 375 g/mol. The van der Waals surface area contributed by atoms with Crippen LogP contribution in [0.2, 0.25) is 0 Å². The van der Waals surface area contributed by atoms with Gasteiger partial charge >= 0.3 is 0 Å². The first-order valence-corrected chi connectivity index (χ1v) is 9.67. The second-order valence-electron chi connectivity index (χ2n) is 7.04. The van der Waals surface area contributed by atoms with E-state index in [1.165, 1.54) is 11.1 Å². The summed E-state index contributed by atoms with van der Waals surface area (Å²) in [4.78, 5) is 16.9. The fraction of sp³-hybridized carbons (Fsp3) is 0.273. The largest absolute Gasteiger partial charge is 0.354 e. The Morgan fingerprint density at radius 1 is 1.07 bits per heavy atom. The normalized spacial score (nSPS) is 18.9. The van der Waals surface area contributed by atoms with Crippen molar-refractivity contribution >= 4 is 5.91 Å². The van der Waals surface area contributed by atoms with Gasteiger partial charge in [0, 0.05) is 37.9 Å². The maximum atomic E-state index is 12.5. The van der Waals surface area contributed by atoms with E-state index in [0.29, 0.717) is 13.0 Å². The maximum absolute atomic E-state index is 12.5. The summed E-state index contributed by atoms with van der Waals surface area (Å²) >= 11 is 0. The molecule has 2 aromatic carbocycles. The van der Waals surface area contributed by atoms with Gasteiger partial charge in [0.1, 0.15) is 11.9 Å². The fourth-order valence-electron chi connectivity index (χ4n) is 3.55. The number of carbonyl (C=O) groups excluding carboxylic acids is 1. The van der Waals surface area contributed by atoms with Crippen LogP contribution >= 0.6 is 0 Å². The third kappa shape index (κ3) is 4.47. The van der Waals surface area contributed by atoms with Crippen molar-refractivity contribution in [3.63, 3.8) is 0 Å². The van der Waals surface area contributed by atoms with Gasteiger partial charge in [-0.15, -0.1) is 0 Å². The smallest absolute Gasteiger partial charge is 0.238 e. The second-order valence-corrected chi connectivity index (χ2v) is 7.04. The molecule has 144 valence electrons. The Bertz CT molecular complexity index is 894. The molecule has 1 saturated heterocycles. The Morgan fingerprint density at radius 2 is 1.82 bits per heavy atom. The van der Waals surface area contributed by atoms with Gasteiger partial charge in [-0.1, -0.05) is 60.7 Å². The zero-order valence-corrected chi connectivity index (χ0v) is 15.7. The van der Waals surface area contributed by atoms with Crippen LogP contribution in [0, 0.1) is 0 Å². The number of nitrogens with zero attached hydrogens (tertiary/aromatic N) is 2. The van der Waals surface area contributed by atoms with E-state index >= 15 is 0 Å². The minimum atomic E-state index is -0.228. The van der Waals surface area contributed by atoms with Gasteiger partial charge in [0.05, 0.1) is 0 Å². The minimum Gasteiger partial charge on any atom is -0.354 e. The van der Waals surface area contributed by atoms with Crippen molar-refractivity contribution in [1.29, 1.82) is 0 Å². The molecule has 2 atom stereocenters. The summed E-state index contributed by atoms with van der Waals surface area (Å²) in [7, 11) is 0. The van der Waals surface area contributed by atoms with Crippen molar-refractivity contribution in [3.8, 4) is 0 Å². The lowest BCUT2D eigenvalue weighted by Crippen LogP contribution is -2.43. The maximum Gasteiger partial charge on any atom is 0.238 e. The average molecular weight is 375 g/mol. The highest BCUT2D eigenvalue weighted by Gasteiger charge is 2.29. The zero-order valence-electron chi connectivity index (χ0n) is 15.7. The van der Waals surface area contributed by atoms with Crippen molar-refractivity contribution < 1.29 is 4.79 Å². The molecule has 0 bridgehead atoms. The predicted molar refractivity (Wildman–Crippen MR) is 108 cm³/mol. The van der Waals surface area contributed by atoms with Gasteiger partial charge in [-0.05, 0) is 17.5 Å². The summed E-state index contributed by atoms with van der Waals surface area (Å²) in [6, 6.07) is 20.4. The van der Waals surface area contributed by atoms with E-state index in [0.717, 1.165) is 18.8 Å². The van der Waals surface area contributed by atoms with Crippen LogP contribution in [-0.4, -0.2) is 28.0 Å². The van der Waals surface area contributed by atoms with Gasteiger partial charge in [0.15, 0.2) is 0 Å². The molecule has 1 aliphatic heterocycles. The van der Waals surface area contributed by atoms with E-state index < -0.39 is 0 Å². The van der Waals surface area contributed by atoms with Gasteiger partial charge in [-0.2, -0.15) is 0 Å². The van der Waals surface area contributed by atoms with Gasteiger partial charge in [0.2, 0.25) is 5.91 Å². The van der Waals surface area contributed by atoms with E-state index in [1.807, 2.05) is 48.8 Å². The van der Waals surface area contributed by atoms with E-state index in [4.69, 9.17) is 0 Å². The molecule has 1 fully saturated rings. The van der Waals surface area contributed by atoms with E-state index in [2.05, 4.69) is 50.0 Å². The van der Waals surface area contributed by atoms with Crippen LogP contribution < -0.4 is 16.2 Å². The van der Waals surface area contributed by atoms with Crippen LogP contribution in [0.1, 0.15) is 29.4 Å². The van der Waals surface area contributed by atoms with Crippen LogP contribution in [0.5, 0.6) is 0 Å². The Hall–Kier alpha value is -2.96. The number of aromatic nitrogens is 2. The van der Waals surface area contributed by atoms with Crippen LogP contribution in [-0.2, 0) is 17.8 Å². The Morgan fingerprint density at radius 3 is 2.61 bits per heavy atom. The molecule has 0 radical (unpaired) electrons. The highest BCUT2D eigenvalue weighted by Crippen LogP contribution is 2.21. The molecule has 6 heteroatoms. The number of nitrogens with one attached hydrogen (secondary N) is 3. The van der Waals surface area contributed by atoms with Crippen molar-refractivity contribution in [2.75, 3.05) is 6.54 Å². The molecule has 6 nitrogen and oxygen atoms in total. The molecule has 2 heterocycles. The van der Waals surface area contributed by atoms with Crippen LogP contribution in [0.15, 0.2) is 73.1 Å². The molecule has 1 aromatic heterocycles. The summed E-state index contributed by atoms with van der Waals surface area (Å²) in [5.74, 6) is 0.996. The predicted octanol–water partition coefficient (Wildman–Crippen LogP) is 2.20. The number of rotatable bonds is 7.